The van der Waals surface area contributed by atoms with E-state index in [4.69, 9.17) is 47.0 Å². The molecule has 0 bridgehead atoms. The Morgan fingerprint density at radius 1 is 0.483 bits per heavy atom. The largest absolute Gasteiger partial charge is 0.394 e. The van der Waals surface area contributed by atoms with E-state index in [2.05, 4.69) is 91.8 Å². The van der Waals surface area contributed by atoms with Gasteiger partial charge in [-0.3, -0.25) is 57.4 Å². The van der Waals surface area contributed by atoms with E-state index in [1.807, 2.05) is 4.72 Å². The summed E-state index contributed by atoms with van der Waals surface area (Å²) in [5.41, 5.74) is 19.9. The maximum Gasteiger partial charge on any atom is 0.280 e. The van der Waals surface area contributed by atoms with Gasteiger partial charge in [-0.05, 0) is 0 Å². The lowest BCUT2D eigenvalue weighted by atomic mass is 10.1. The number of ether oxygens (including phenoxy) is 4. The van der Waals surface area contributed by atoms with E-state index in [0.717, 1.165) is 12.7 Å². The number of hydrogen-bond donors (Lipinski definition) is 20. The molecular weight excluding hydrogens is 1330 g/mol. The first kappa shape index (κ1) is 62.6. The molecule has 8 aromatic rings. The molecule has 4 aliphatic rings. The molecule has 0 radical (unpaired) electrons. The molecule has 0 spiro atoms. The average Bonchev–Trinajstić information content (AvgIpc) is 1.70. The third-order valence-corrected chi connectivity index (χ3v) is 16.5. The minimum atomic E-state index is -4.47. The van der Waals surface area contributed by atoms with Gasteiger partial charge >= 0.3 is 0 Å². The van der Waals surface area contributed by atoms with Crippen LogP contribution in [0.1, 0.15) is 24.9 Å². The van der Waals surface area contributed by atoms with Crippen LogP contribution in [-0.4, -0.2) is 233 Å². The second kappa shape index (κ2) is 24.3. The number of anilines is 4. The topological polar surface area (TPSA) is 688 Å². The maximum atomic E-state index is 13.0. The number of aromatic nitrogens is 16. The number of fused-ring (bicyclic) bond motifs is 4. The Morgan fingerprint density at radius 2 is 0.782 bits per heavy atom. The van der Waals surface area contributed by atoms with Crippen LogP contribution in [0.4, 0.5) is 23.8 Å². The van der Waals surface area contributed by atoms with Crippen molar-refractivity contribution in [2.45, 2.75) is 98.0 Å². The molecule has 0 aromatic carbocycles. The van der Waals surface area contributed by atoms with Crippen LogP contribution in [-0.2, 0) is 39.4 Å². The van der Waals surface area contributed by atoms with Gasteiger partial charge in [0.05, 0.1) is 56.7 Å². The van der Waals surface area contributed by atoms with Crippen LogP contribution in [0.25, 0.3) is 44.7 Å². The van der Waals surface area contributed by atoms with Crippen molar-refractivity contribution in [2.75, 3.05) is 47.1 Å². The second-order valence-corrected chi connectivity index (χ2v) is 23.2. The summed E-state index contributed by atoms with van der Waals surface area (Å²) in [7, 11) is -8.62. The fourth-order valence-corrected chi connectivity index (χ4v) is 12.4. The highest BCUT2D eigenvalue weighted by molar-refractivity contribution is 14.1. The zero-order valence-corrected chi connectivity index (χ0v) is 47.6. The van der Waals surface area contributed by atoms with Crippen LogP contribution in [0.3, 0.4) is 0 Å². The van der Waals surface area contributed by atoms with Crippen molar-refractivity contribution in [2.24, 2.45) is 5.14 Å². The van der Waals surface area contributed by atoms with Gasteiger partial charge in [-0.1, -0.05) is 22.6 Å². The van der Waals surface area contributed by atoms with Crippen LogP contribution in [0, 0.1) is 0 Å². The Morgan fingerprint density at radius 3 is 1.09 bits per heavy atom. The third-order valence-electron chi connectivity index (χ3n) is 13.9. The Bertz CT molecular complexity index is 4350. The van der Waals surface area contributed by atoms with E-state index >= 15 is 0 Å². The fourth-order valence-electron chi connectivity index (χ4n) is 9.88. The van der Waals surface area contributed by atoms with Gasteiger partial charge in [0.1, 0.15) is 54.9 Å². The van der Waals surface area contributed by atoms with Gasteiger partial charge in [0.2, 0.25) is 23.8 Å². The van der Waals surface area contributed by atoms with Crippen LogP contribution < -0.4 is 64.5 Å². The molecule has 87 heavy (non-hydrogen) atoms. The molecule has 0 amide bonds. The molecule has 44 nitrogen and oxygen atoms in total. The molecule has 4 aliphatic heterocycles. The molecule has 47 heteroatoms. The van der Waals surface area contributed by atoms with Gasteiger partial charge in [-0.15, -0.1) is 0 Å². The summed E-state index contributed by atoms with van der Waals surface area (Å²) < 4.78 is 82.6. The molecule has 0 aliphatic carbocycles. The number of aliphatic hydroxyl groups is 8. The quantitative estimate of drug-likeness (QED) is 0.0355. The van der Waals surface area contributed by atoms with Crippen molar-refractivity contribution in [1.29, 1.82) is 0 Å². The number of aromatic amines is 4. The number of nitrogen functional groups attached to an aromatic ring is 4. The summed E-state index contributed by atoms with van der Waals surface area (Å²) in [4.78, 5) is 88.4. The summed E-state index contributed by atoms with van der Waals surface area (Å²) in [6, 6.07) is -2.60. The van der Waals surface area contributed by atoms with E-state index < -0.39 is 160 Å². The van der Waals surface area contributed by atoms with E-state index in [9.17, 15) is 76.9 Å². The molecule has 12 heterocycles. The van der Waals surface area contributed by atoms with Gasteiger partial charge in [-0.25, -0.2) is 25.1 Å². The van der Waals surface area contributed by atoms with Crippen molar-refractivity contribution < 1.29 is 76.6 Å². The zero-order chi connectivity index (χ0) is 62.9. The predicted molar refractivity (Wildman–Crippen MR) is 299 cm³/mol. The summed E-state index contributed by atoms with van der Waals surface area (Å²) in [6.07, 6.45) is -12.3. The first-order valence-corrected chi connectivity index (χ1v) is 29.6. The van der Waals surface area contributed by atoms with Crippen LogP contribution in [0.15, 0.2) is 44.5 Å². The number of halogens is 1. The number of hydrogen-bond acceptors (Lipinski definition) is 32. The number of imidazole rings is 4. The van der Waals surface area contributed by atoms with Crippen molar-refractivity contribution >= 4 is 111 Å². The lowest BCUT2D eigenvalue weighted by molar-refractivity contribution is -0.0489. The molecule has 4 saturated heterocycles. The molecule has 12 rings (SSSR count). The Labute approximate surface area is 495 Å². The number of rotatable bonds is 14. The molecule has 472 valence electrons. The lowest BCUT2D eigenvalue weighted by Crippen LogP contribution is -2.53. The summed E-state index contributed by atoms with van der Waals surface area (Å²) in [5.74, 6) is -0.673. The number of nitrogens with two attached hydrogens (primary N) is 5. The van der Waals surface area contributed by atoms with E-state index in [0.29, 0.717) is 4.43 Å². The van der Waals surface area contributed by atoms with E-state index in [-0.39, 0.29) is 68.4 Å². The van der Waals surface area contributed by atoms with Crippen molar-refractivity contribution in [3.8, 4) is 0 Å². The molecule has 16 atom stereocenters. The standard InChI is InChI=1S/C20H26N12O10S.C10H12IN5O4.C10H15N7O6S/c21-19-26-13-8(15(37)28-19)23-3-31(13)17-11(35)7(6(2-33)42-17)30-43(39,40)25-1-5-10(34)12(36)18(41-5)32-4-24-9-14(32)27-20(22)29-16(9)38;11-1-3-5(17)6(18)9(20-3)16-2-13-4-7(16)14-10(12)15-8(4)19;11-10-14-7-5(8(20)15-10)13-2-17(7)9-6(19)4(3(1-18)23-9)16-24(12,21)22/h3-7,10-12,17-18,25,30,33-36H,1-2H2,(H3,21,26,28,37)(H3,22,27,29,38);2-3,5-6,9,17-18H,1H2,(H3,12,14,15,19);2-4,6,9,16,18-19H,1H2,(H2,12,21,22)(H3,11,14,15,20)/t5-,6-,7-,10-,11-,12-,17-,18-;3-,5-,6-,9-;3-,4-,6-,9-/m111/s1. The molecule has 0 saturated carbocycles. The van der Waals surface area contributed by atoms with E-state index in [1.54, 1.807) is 0 Å². The van der Waals surface area contributed by atoms with E-state index in [1.165, 1.54) is 30.9 Å². The molecule has 8 aromatic heterocycles. The number of H-pyrrole nitrogens is 4. The minimum absolute atomic E-state index is 0.0339. The zero-order valence-electron chi connectivity index (χ0n) is 43.8. The maximum absolute atomic E-state index is 13.0. The number of aliphatic hydroxyl groups excluding tert-OH is 8. The van der Waals surface area contributed by atoms with Gasteiger partial charge < -0.3 is 82.7 Å². The highest BCUT2D eigenvalue weighted by Gasteiger charge is 2.50. The minimum Gasteiger partial charge on any atom is -0.394 e. The smallest absolute Gasteiger partial charge is 0.280 e. The molecular formula is C40H53IN24O20S2. The van der Waals surface area contributed by atoms with Crippen molar-refractivity contribution in [1.82, 2.24) is 92.2 Å². The number of nitrogens with zero attached hydrogens (tertiary/aromatic N) is 12. The SMILES string of the molecule is Nc1nc2c(ncn2[C@@H]2O[C@H](CI)[C@@H](O)[C@H]2O)c(=O)[nH]1.Nc1nc2c(ncn2[C@@H]2O[C@H](CNS(=O)(=O)N[C@H]3[C@@H](O)[C@H](n4cnc5c(=O)[nH]c(N)nc54)O[C@@H]3CO)[C@@H](O)[C@H]2O)c(=O)[nH]1.Nc1nc2c(ncn2[C@@H]2O[C@H](CO)[C@@H](NS(N)(=O)=O)[C@H]2O)c(=O)[nH]1. The lowest BCUT2D eigenvalue weighted by Gasteiger charge is -2.22. The number of alkyl halides is 1. The monoisotopic (exact) mass is 1380 g/mol. The Hall–Kier alpha value is -7.41. The second-order valence-electron chi connectivity index (χ2n) is 19.5. The third kappa shape index (κ3) is 12.2. The summed E-state index contributed by atoms with van der Waals surface area (Å²) >= 11 is 2.06. The van der Waals surface area contributed by atoms with Crippen LogP contribution in [0.5, 0.6) is 0 Å². The predicted octanol–water partition coefficient (Wildman–Crippen LogP) is -11.1. The van der Waals surface area contributed by atoms with Gasteiger partial charge in [0, 0.05) is 11.0 Å². The van der Waals surface area contributed by atoms with Crippen LogP contribution in [0.2, 0.25) is 0 Å². The highest BCUT2D eigenvalue weighted by atomic mass is 127. The highest BCUT2D eigenvalue weighted by Crippen LogP contribution is 2.35. The van der Waals surface area contributed by atoms with Gasteiger partial charge in [-0.2, -0.15) is 50.9 Å². The van der Waals surface area contributed by atoms with Crippen molar-refractivity contribution in [3.63, 3.8) is 0 Å². The first-order valence-electron chi connectivity index (χ1n) is 25.1. The Balaban J connectivity index is 0.000000160. The Kier molecular flexibility index (Phi) is 17.5. The summed E-state index contributed by atoms with van der Waals surface area (Å²) in [6.45, 7) is -1.84. The first-order chi connectivity index (χ1) is 41.1. The molecule has 4 fully saturated rings. The fraction of sp³-hybridized carbons (Fsp3) is 0.500. The normalized spacial score (nSPS) is 29.3. The van der Waals surface area contributed by atoms with Gasteiger partial charge in [0.25, 0.3) is 42.7 Å². The number of nitrogens with one attached hydrogen (secondary N) is 7. The van der Waals surface area contributed by atoms with Crippen molar-refractivity contribution in [3.05, 3.63) is 66.7 Å². The molecule has 0 unspecified atom stereocenters. The average molecular weight is 1380 g/mol. The summed E-state index contributed by atoms with van der Waals surface area (Å²) in [5, 5.41) is 86.5. The van der Waals surface area contributed by atoms with Crippen LogP contribution >= 0.6 is 22.6 Å². The van der Waals surface area contributed by atoms with Gasteiger partial charge in [0.15, 0.2) is 69.6 Å². The molecule has 25 N–H and O–H groups in total.